The lowest BCUT2D eigenvalue weighted by atomic mass is 9.95. The predicted molar refractivity (Wildman–Crippen MR) is 92.2 cm³/mol. The molecule has 2 N–H and O–H groups in total. The number of carbonyl (C=O) groups excluding carboxylic acids is 1. The molecule has 0 aliphatic rings. The van der Waals surface area contributed by atoms with Crippen LogP contribution in [0.1, 0.15) is 37.0 Å². The number of carboxylic acid groups (broad SMARTS) is 1. The highest BCUT2D eigenvalue weighted by Gasteiger charge is 2.34. The third-order valence-electron chi connectivity index (χ3n) is 4.18. The molecule has 0 fully saturated rings. The molecule has 1 aromatic heterocycles. The van der Waals surface area contributed by atoms with Gasteiger partial charge in [0.2, 0.25) is 0 Å². The Balaban J connectivity index is 2.37. The fourth-order valence-electron chi connectivity index (χ4n) is 2.84. The summed E-state index contributed by atoms with van der Waals surface area (Å²) in [6.07, 6.45) is 2.79. The molecule has 2 rings (SSSR count). The van der Waals surface area contributed by atoms with Gasteiger partial charge in [0.05, 0.1) is 12.2 Å². The molecule has 0 aliphatic heterocycles. The number of nitrogens with zero attached hydrogens (tertiary/aromatic N) is 1. The number of carboxylic acids is 1. The molecule has 130 valence electrons. The molecular formula is C18H24N2O4. The summed E-state index contributed by atoms with van der Waals surface area (Å²) in [5.41, 5.74) is 0.124. The topological polar surface area (TPSA) is 80.6 Å². The molecule has 0 radical (unpaired) electrons. The third-order valence-corrected chi connectivity index (χ3v) is 4.18. The van der Waals surface area contributed by atoms with Crippen molar-refractivity contribution in [3.8, 4) is 0 Å². The van der Waals surface area contributed by atoms with E-state index in [0.29, 0.717) is 31.6 Å². The first kappa shape index (κ1) is 18.0. The first-order valence-electron chi connectivity index (χ1n) is 8.05. The Morgan fingerprint density at radius 3 is 2.67 bits per heavy atom. The zero-order valence-electron chi connectivity index (χ0n) is 14.3. The summed E-state index contributed by atoms with van der Waals surface area (Å²) in [6, 6.07) is 7.57. The number of nitrogens with one attached hydrogen (secondary N) is 1. The highest BCUT2D eigenvalue weighted by molar-refractivity contribution is 6.08. The Morgan fingerprint density at radius 2 is 2.04 bits per heavy atom. The van der Waals surface area contributed by atoms with Gasteiger partial charge in [-0.05, 0) is 19.4 Å². The van der Waals surface area contributed by atoms with Crippen LogP contribution in [0, 0.1) is 0 Å². The van der Waals surface area contributed by atoms with Crippen molar-refractivity contribution in [2.45, 2.75) is 38.8 Å². The summed E-state index contributed by atoms with van der Waals surface area (Å²) < 4.78 is 7.06. The lowest BCUT2D eigenvalue weighted by molar-refractivity contribution is -0.144. The van der Waals surface area contributed by atoms with Crippen molar-refractivity contribution in [2.75, 3.05) is 13.7 Å². The molecular weight excluding hydrogens is 308 g/mol. The van der Waals surface area contributed by atoms with Crippen LogP contribution in [0.15, 0.2) is 30.5 Å². The summed E-state index contributed by atoms with van der Waals surface area (Å²) in [5.74, 6) is -1.40. The van der Waals surface area contributed by atoms with E-state index in [4.69, 9.17) is 4.74 Å². The standard InChI is InChI=1S/C18H24N2O4/c1-4-9-18(2,17(22)23)19-16(21)14-12-20(10-11-24-3)15-8-6-5-7-13(14)15/h5-8,12H,4,9-11H2,1-3H3,(H,19,21)(H,22,23). The molecule has 1 amide bonds. The van der Waals surface area contributed by atoms with Crippen LogP contribution in [-0.2, 0) is 16.1 Å². The van der Waals surface area contributed by atoms with E-state index in [1.165, 1.54) is 0 Å². The van der Waals surface area contributed by atoms with Crippen molar-refractivity contribution >= 4 is 22.8 Å². The van der Waals surface area contributed by atoms with Gasteiger partial charge in [-0.2, -0.15) is 0 Å². The monoisotopic (exact) mass is 332 g/mol. The van der Waals surface area contributed by atoms with Gasteiger partial charge in [-0.15, -0.1) is 0 Å². The predicted octanol–water partition coefficient (Wildman–Crippen LogP) is 2.66. The minimum atomic E-state index is -1.28. The average Bonchev–Trinajstić information content (AvgIpc) is 2.92. The molecule has 1 atom stereocenters. The number of aromatic nitrogens is 1. The number of carbonyl (C=O) groups is 2. The second kappa shape index (κ2) is 7.49. The van der Waals surface area contributed by atoms with E-state index in [0.717, 1.165) is 10.9 Å². The van der Waals surface area contributed by atoms with Crippen molar-refractivity contribution in [3.63, 3.8) is 0 Å². The zero-order chi connectivity index (χ0) is 17.7. The molecule has 0 spiro atoms. The molecule has 0 aliphatic carbocycles. The number of para-hydroxylation sites is 1. The van der Waals surface area contributed by atoms with E-state index in [-0.39, 0.29) is 5.91 Å². The summed E-state index contributed by atoms with van der Waals surface area (Å²) in [5, 5.41) is 12.9. The number of amides is 1. The molecule has 1 unspecified atom stereocenters. The number of fused-ring (bicyclic) bond motifs is 1. The van der Waals surface area contributed by atoms with E-state index in [9.17, 15) is 14.7 Å². The van der Waals surface area contributed by atoms with Crippen LogP contribution in [0.4, 0.5) is 0 Å². The van der Waals surface area contributed by atoms with E-state index in [1.54, 1.807) is 20.2 Å². The van der Waals surface area contributed by atoms with Gasteiger partial charge in [-0.1, -0.05) is 31.5 Å². The van der Waals surface area contributed by atoms with Gasteiger partial charge in [0, 0.05) is 30.8 Å². The smallest absolute Gasteiger partial charge is 0.329 e. The zero-order valence-corrected chi connectivity index (χ0v) is 14.3. The van der Waals surface area contributed by atoms with Gasteiger partial charge >= 0.3 is 5.97 Å². The van der Waals surface area contributed by atoms with Crippen LogP contribution in [0.5, 0.6) is 0 Å². The van der Waals surface area contributed by atoms with Crippen LogP contribution >= 0.6 is 0 Å². The van der Waals surface area contributed by atoms with Gasteiger partial charge in [-0.3, -0.25) is 4.79 Å². The highest BCUT2D eigenvalue weighted by Crippen LogP contribution is 2.23. The Bertz CT molecular complexity index is 738. The van der Waals surface area contributed by atoms with Crippen LogP contribution in [0.25, 0.3) is 10.9 Å². The van der Waals surface area contributed by atoms with Gasteiger partial charge < -0.3 is 19.7 Å². The van der Waals surface area contributed by atoms with E-state index in [1.807, 2.05) is 35.8 Å². The summed E-state index contributed by atoms with van der Waals surface area (Å²) in [4.78, 5) is 24.3. The van der Waals surface area contributed by atoms with Crippen molar-refractivity contribution in [1.29, 1.82) is 0 Å². The van der Waals surface area contributed by atoms with Crippen molar-refractivity contribution < 1.29 is 19.4 Å². The lowest BCUT2D eigenvalue weighted by Gasteiger charge is -2.25. The minimum absolute atomic E-state index is 0.371. The highest BCUT2D eigenvalue weighted by atomic mass is 16.5. The molecule has 0 saturated carbocycles. The molecule has 1 aromatic carbocycles. The summed E-state index contributed by atoms with van der Waals surface area (Å²) in [6.45, 7) is 4.59. The molecule has 0 bridgehead atoms. The summed E-state index contributed by atoms with van der Waals surface area (Å²) in [7, 11) is 1.63. The Labute approximate surface area is 141 Å². The van der Waals surface area contributed by atoms with Gasteiger partial charge in [0.25, 0.3) is 5.91 Å². The number of rotatable bonds is 8. The van der Waals surface area contributed by atoms with E-state index in [2.05, 4.69) is 5.32 Å². The van der Waals surface area contributed by atoms with Crippen molar-refractivity contribution in [3.05, 3.63) is 36.0 Å². The number of ether oxygens (including phenoxy) is 1. The molecule has 1 heterocycles. The molecule has 6 nitrogen and oxygen atoms in total. The number of aliphatic carboxylic acids is 1. The maximum atomic E-state index is 12.7. The molecule has 24 heavy (non-hydrogen) atoms. The van der Waals surface area contributed by atoms with E-state index < -0.39 is 11.5 Å². The largest absolute Gasteiger partial charge is 0.480 e. The molecule has 0 saturated heterocycles. The van der Waals surface area contributed by atoms with Gasteiger partial charge in [0.1, 0.15) is 5.54 Å². The van der Waals surface area contributed by atoms with E-state index >= 15 is 0 Å². The lowest BCUT2D eigenvalue weighted by Crippen LogP contribution is -2.52. The second-order valence-electron chi connectivity index (χ2n) is 6.09. The number of hydrogen-bond donors (Lipinski definition) is 2. The maximum Gasteiger partial charge on any atom is 0.329 e. The fourth-order valence-corrected chi connectivity index (χ4v) is 2.84. The number of benzene rings is 1. The Hall–Kier alpha value is -2.34. The number of methoxy groups -OCH3 is 1. The first-order valence-corrected chi connectivity index (χ1v) is 8.05. The summed E-state index contributed by atoms with van der Waals surface area (Å²) >= 11 is 0. The maximum absolute atomic E-state index is 12.7. The van der Waals surface area contributed by atoms with Crippen LogP contribution in [-0.4, -0.2) is 40.8 Å². The normalized spacial score (nSPS) is 13.6. The molecule has 2 aromatic rings. The van der Waals surface area contributed by atoms with Gasteiger partial charge in [0.15, 0.2) is 0 Å². The SMILES string of the molecule is CCCC(C)(NC(=O)c1cn(CCOC)c2ccccc12)C(=O)O. The number of hydrogen-bond acceptors (Lipinski definition) is 3. The van der Waals surface area contributed by atoms with Crippen LogP contribution < -0.4 is 5.32 Å². The molecule has 6 heteroatoms. The quantitative estimate of drug-likeness (QED) is 0.779. The average molecular weight is 332 g/mol. The third kappa shape index (κ3) is 3.59. The van der Waals surface area contributed by atoms with Crippen molar-refractivity contribution in [1.82, 2.24) is 9.88 Å². The Kier molecular flexibility index (Phi) is 5.62. The van der Waals surface area contributed by atoms with Gasteiger partial charge in [-0.25, -0.2) is 4.79 Å². The Morgan fingerprint density at radius 1 is 1.33 bits per heavy atom. The second-order valence-corrected chi connectivity index (χ2v) is 6.09. The fraction of sp³-hybridized carbons (Fsp3) is 0.444. The van der Waals surface area contributed by atoms with Crippen LogP contribution in [0.3, 0.4) is 0 Å². The first-order chi connectivity index (χ1) is 11.4. The van der Waals surface area contributed by atoms with Crippen molar-refractivity contribution in [2.24, 2.45) is 0 Å². The van der Waals surface area contributed by atoms with Crippen LogP contribution in [0.2, 0.25) is 0 Å². The minimum Gasteiger partial charge on any atom is -0.480 e.